The molecular weight excluding hydrogens is 287 g/mol. The van der Waals surface area contributed by atoms with Crippen molar-refractivity contribution >= 4 is 11.3 Å². The molecule has 0 saturated carbocycles. The molecule has 1 aliphatic heterocycles. The monoisotopic (exact) mass is 303 g/mol. The van der Waals surface area contributed by atoms with Crippen LogP contribution in [0.5, 0.6) is 0 Å². The molecule has 0 spiro atoms. The van der Waals surface area contributed by atoms with E-state index >= 15 is 0 Å². The Morgan fingerprint density at radius 3 is 2.85 bits per heavy atom. The van der Waals surface area contributed by atoms with Crippen LogP contribution in [-0.4, -0.2) is 43.3 Å². The SMILES string of the molecule is N#CCN1CC(NCC(F)(F)F)CC(c2cccs2)C1. The fourth-order valence-corrected chi connectivity index (χ4v) is 3.39. The molecule has 2 unspecified atom stereocenters. The van der Waals surface area contributed by atoms with Crippen molar-refractivity contribution in [3.8, 4) is 6.07 Å². The van der Waals surface area contributed by atoms with Crippen LogP contribution in [0, 0.1) is 11.3 Å². The number of nitrogens with one attached hydrogen (secondary N) is 1. The molecular formula is C13H16F3N3S. The predicted octanol–water partition coefficient (Wildman–Crippen LogP) is 2.58. The average Bonchev–Trinajstić information content (AvgIpc) is 2.89. The number of hydrogen-bond acceptors (Lipinski definition) is 4. The zero-order valence-corrected chi connectivity index (χ0v) is 11.7. The highest BCUT2D eigenvalue weighted by atomic mass is 32.1. The lowest BCUT2D eigenvalue weighted by atomic mass is 9.93. The van der Waals surface area contributed by atoms with Gasteiger partial charge in [-0.2, -0.15) is 18.4 Å². The number of alkyl halides is 3. The summed E-state index contributed by atoms with van der Waals surface area (Å²) in [6, 6.07) is 5.80. The summed E-state index contributed by atoms with van der Waals surface area (Å²) in [5, 5.41) is 13.3. The molecule has 2 rings (SSSR count). The van der Waals surface area contributed by atoms with Crippen molar-refractivity contribution in [2.75, 3.05) is 26.2 Å². The molecule has 110 valence electrons. The van der Waals surface area contributed by atoms with Crippen LogP contribution >= 0.6 is 11.3 Å². The van der Waals surface area contributed by atoms with Gasteiger partial charge in [0.1, 0.15) is 0 Å². The molecule has 2 heterocycles. The summed E-state index contributed by atoms with van der Waals surface area (Å²) < 4.78 is 36.9. The normalized spacial score (nSPS) is 24.5. The van der Waals surface area contributed by atoms with Gasteiger partial charge in [-0.05, 0) is 17.9 Å². The van der Waals surface area contributed by atoms with Crippen LogP contribution in [0.25, 0.3) is 0 Å². The number of hydrogen-bond donors (Lipinski definition) is 1. The third-order valence-electron chi connectivity index (χ3n) is 3.36. The molecule has 3 nitrogen and oxygen atoms in total. The molecule has 0 aliphatic carbocycles. The summed E-state index contributed by atoms with van der Waals surface area (Å²) in [7, 11) is 0. The topological polar surface area (TPSA) is 39.1 Å². The smallest absolute Gasteiger partial charge is 0.305 e. The van der Waals surface area contributed by atoms with Crippen molar-refractivity contribution < 1.29 is 13.2 Å². The fourth-order valence-electron chi connectivity index (χ4n) is 2.56. The van der Waals surface area contributed by atoms with Gasteiger partial charge in [0.15, 0.2) is 0 Å². The summed E-state index contributed by atoms with van der Waals surface area (Å²) in [4.78, 5) is 3.09. The molecule has 0 amide bonds. The molecule has 0 bridgehead atoms. The largest absolute Gasteiger partial charge is 0.401 e. The molecule has 7 heteroatoms. The third-order valence-corrected chi connectivity index (χ3v) is 4.39. The zero-order chi connectivity index (χ0) is 14.6. The van der Waals surface area contributed by atoms with Crippen LogP contribution in [0.4, 0.5) is 13.2 Å². The van der Waals surface area contributed by atoms with Crippen LogP contribution in [0.15, 0.2) is 17.5 Å². The van der Waals surface area contributed by atoms with Crippen molar-refractivity contribution in [1.29, 1.82) is 5.26 Å². The predicted molar refractivity (Wildman–Crippen MR) is 71.6 cm³/mol. The molecule has 1 aromatic heterocycles. The standard InChI is InChI=1S/C13H16F3N3S/c14-13(15,16)9-18-11-6-10(12-2-1-5-20-12)7-19(8-11)4-3-17/h1-2,5,10-11,18H,4,6-9H2. The van der Waals surface area contributed by atoms with Crippen LogP contribution < -0.4 is 5.32 Å². The van der Waals surface area contributed by atoms with Gasteiger partial charge in [0.25, 0.3) is 0 Å². The maximum atomic E-state index is 12.3. The Labute approximate surface area is 120 Å². The minimum atomic E-state index is -4.20. The van der Waals surface area contributed by atoms with Crippen LogP contribution in [0.3, 0.4) is 0 Å². The first-order valence-corrected chi connectivity index (χ1v) is 7.29. The molecule has 1 N–H and O–H groups in total. The van der Waals surface area contributed by atoms with Gasteiger partial charge in [-0.3, -0.25) is 4.90 Å². The molecule has 1 saturated heterocycles. The Hall–Kier alpha value is -1.10. The first kappa shape index (κ1) is 15.3. The van der Waals surface area contributed by atoms with E-state index in [9.17, 15) is 13.2 Å². The minimum absolute atomic E-state index is 0.197. The number of thiophene rings is 1. The van der Waals surface area contributed by atoms with Crippen molar-refractivity contribution in [3.05, 3.63) is 22.4 Å². The molecule has 1 aromatic rings. The number of nitriles is 1. The summed E-state index contributed by atoms with van der Waals surface area (Å²) in [5.74, 6) is 0.197. The lowest BCUT2D eigenvalue weighted by Crippen LogP contribution is -2.50. The second-order valence-corrected chi connectivity index (χ2v) is 5.97. The Bertz CT molecular complexity index is 452. The van der Waals surface area contributed by atoms with Gasteiger partial charge < -0.3 is 5.32 Å². The van der Waals surface area contributed by atoms with Crippen molar-refractivity contribution in [3.63, 3.8) is 0 Å². The van der Waals surface area contributed by atoms with Crippen molar-refractivity contribution in [2.45, 2.75) is 24.6 Å². The Balaban J connectivity index is 1.99. The average molecular weight is 303 g/mol. The van der Waals surface area contributed by atoms with E-state index < -0.39 is 12.7 Å². The van der Waals surface area contributed by atoms with Crippen molar-refractivity contribution in [2.24, 2.45) is 0 Å². The first-order chi connectivity index (χ1) is 9.48. The number of likely N-dealkylation sites (tertiary alicyclic amines) is 1. The Morgan fingerprint density at radius 2 is 2.25 bits per heavy atom. The molecule has 0 radical (unpaired) electrons. The quantitative estimate of drug-likeness (QED) is 0.869. The van der Waals surface area contributed by atoms with Crippen LogP contribution in [0.1, 0.15) is 17.2 Å². The number of piperidine rings is 1. The fraction of sp³-hybridized carbons (Fsp3) is 0.615. The van der Waals surface area contributed by atoms with E-state index in [4.69, 9.17) is 5.26 Å². The zero-order valence-electron chi connectivity index (χ0n) is 10.9. The number of rotatable bonds is 4. The van der Waals surface area contributed by atoms with E-state index in [2.05, 4.69) is 11.4 Å². The van der Waals surface area contributed by atoms with E-state index in [1.165, 1.54) is 4.88 Å². The highest BCUT2D eigenvalue weighted by molar-refractivity contribution is 7.10. The van der Waals surface area contributed by atoms with E-state index in [0.29, 0.717) is 13.0 Å². The molecule has 1 aliphatic rings. The maximum Gasteiger partial charge on any atom is 0.401 e. The van der Waals surface area contributed by atoms with Gasteiger partial charge in [-0.1, -0.05) is 6.07 Å². The Kier molecular flexibility index (Phi) is 5.02. The second kappa shape index (κ2) is 6.57. The van der Waals surface area contributed by atoms with Gasteiger partial charge in [0.2, 0.25) is 0 Å². The van der Waals surface area contributed by atoms with Crippen LogP contribution in [0.2, 0.25) is 0 Å². The van der Waals surface area contributed by atoms with E-state index in [1.807, 2.05) is 22.4 Å². The van der Waals surface area contributed by atoms with Gasteiger partial charge in [-0.15, -0.1) is 11.3 Å². The third kappa shape index (κ3) is 4.47. The van der Waals surface area contributed by atoms with E-state index in [-0.39, 0.29) is 18.5 Å². The maximum absolute atomic E-state index is 12.3. The lowest BCUT2D eigenvalue weighted by molar-refractivity contribution is -0.127. The van der Waals surface area contributed by atoms with Gasteiger partial charge >= 0.3 is 6.18 Å². The van der Waals surface area contributed by atoms with Gasteiger partial charge in [-0.25, -0.2) is 0 Å². The Morgan fingerprint density at radius 1 is 1.45 bits per heavy atom. The summed E-state index contributed by atoms with van der Waals surface area (Å²) in [5.41, 5.74) is 0. The van der Waals surface area contributed by atoms with Crippen molar-refractivity contribution in [1.82, 2.24) is 10.2 Å². The van der Waals surface area contributed by atoms with Crippen LogP contribution in [-0.2, 0) is 0 Å². The van der Waals surface area contributed by atoms with Gasteiger partial charge in [0, 0.05) is 29.9 Å². The van der Waals surface area contributed by atoms with E-state index in [1.54, 1.807) is 11.3 Å². The minimum Gasteiger partial charge on any atom is -0.305 e. The molecule has 0 aromatic carbocycles. The molecule has 2 atom stereocenters. The summed E-state index contributed by atoms with van der Waals surface area (Å²) in [6.45, 7) is 0.505. The summed E-state index contributed by atoms with van der Waals surface area (Å²) >= 11 is 1.62. The lowest BCUT2D eigenvalue weighted by Gasteiger charge is -2.36. The molecule has 1 fully saturated rings. The van der Waals surface area contributed by atoms with Gasteiger partial charge in [0.05, 0.1) is 19.2 Å². The summed E-state index contributed by atoms with van der Waals surface area (Å²) in [6.07, 6.45) is -3.52. The highest BCUT2D eigenvalue weighted by Crippen LogP contribution is 2.30. The second-order valence-electron chi connectivity index (χ2n) is 4.99. The number of nitrogens with zero attached hydrogens (tertiary/aromatic N) is 2. The molecule has 20 heavy (non-hydrogen) atoms. The number of halogens is 3. The highest BCUT2D eigenvalue weighted by Gasteiger charge is 2.32. The van der Waals surface area contributed by atoms with E-state index in [0.717, 1.165) is 6.54 Å². The first-order valence-electron chi connectivity index (χ1n) is 6.41.